The number of aryl methyl sites for hydroxylation is 1. The number of nitrogens with zero attached hydrogens (tertiary/aromatic N) is 3. The summed E-state index contributed by atoms with van der Waals surface area (Å²) in [6.07, 6.45) is 0.280. The summed E-state index contributed by atoms with van der Waals surface area (Å²) in [4.78, 5) is 38.8. The minimum Gasteiger partial charge on any atom is -0.296 e. The first kappa shape index (κ1) is 14.4. The van der Waals surface area contributed by atoms with E-state index in [1.807, 2.05) is 0 Å². The van der Waals surface area contributed by atoms with E-state index in [1.54, 1.807) is 0 Å². The molecule has 0 saturated carbocycles. The van der Waals surface area contributed by atoms with Gasteiger partial charge in [0, 0.05) is 31.2 Å². The van der Waals surface area contributed by atoms with Crippen molar-refractivity contribution in [3.05, 3.63) is 27.9 Å². The molecule has 0 radical (unpaired) electrons. The number of thioether (sulfide) groups is 1. The highest BCUT2D eigenvalue weighted by Gasteiger charge is 2.33. The molecule has 1 saturated heterocycles. The van der Waals surface area contributed by atoms with Gasteiger partial charge in [0.15, 0.2) is 5.12 Å². The molecule has 20 heavy (non-hydrogen) atoms. The van der Waals surface area contributed by atoms with Crippen molar-refractivity contribution in [3.8, 4) is 0 Å². The van der Waals surface area contributed by atoms with Gasteiger partial charge in [-0.15, -0.1) is 0 Å². The molecule has 7 nitrogen and oxygen atoms in total. The van der Waals surface area contributed by atoms with Crippen molar-refractivity contribution in [2.45, 2.75) is 25.5 Å². The third-order valence-electron chi connectivity index (χ3n) is 2.94. The summed E-state index contributed by atoms with van der Waals surface area (Å²) in [5.74, 6) is 0.272. The summed E-state index contributed by atoms with van der Waals surface area (Å²) in [5, 5.41) is 10.6. The average Bonchev–Trinajstić information content (AvgIpc) is 2.68. The zero-order valence-electron chi connectivity index (χ0n) is 11.0. The summed E-state index contributed by atoms with van der Waals surface area (Å²) in [6, 6.07) is 2.81. The first-order valence-corrected chi connectivity index (χ1v) is 6.86. The molecule has 1 aromatic heterocycles. The summed E-state index contributed by atoms with van der Waals surface area (Å²) in [7, 11) is 0. The van der Waals surface area contributed by atoms with Gasteiger partial charge in [0.25, 0.3) is 5.69 Å². The Kier molecular flexibility index (Phi) is 4.03. The van der Waals surface area contributed by atoms with Crippen LogP contribution in [-0.4, -0.2) is 32.7 Å². The number of amides is 1. The zero-order valence-corrected chi connectivity index (χ0v) is 11.8. The predicted molar refractivity (Wildman–Crippen MR) is 74.7 cm³/mol. The van der Waals surface area contributed by atoms with E-state index in [-0.39, 0.29) is 34.1 Å². The lowest BCUT2D eigenvalue weighted by molar-refractivity contribution is -0.385. The third kappa shape index (κ3) is 2.96. The summed E-state index contributed by atoms with van der Waals surface area (Å²) < 4.78 is 0. The highest BCUT2D eigenvalue weighted by Crippen LogP contribution is 2.29. The van der Waals surface area contributed by atoms with Crippen LogP contribution in [0.3, 0.4) is 0 Å². The topological polar surface area (TPSA) is 93.4 Å². The molecule has 1 fully saturated rings. The van der Waals surface area contributed by atoms with E-state index in [0.29, 0.717) is 12.4 Å². The monoisotopic (exact) mass is 295 g/mol. The highest BCUT2D eigenvalue weighted by molar-refractivity contribution is 8.14. The van der Waals surface area contributed by atoms with Gasteiger partial charge < -0.3 is 0 Å². The van der Waals surface area contributed by atoms with Crippen LogP contribution in [0.2, 0.25) is 0 Å². The summed E-state index contributed by atoms with van der Waals surface area (Å²) in [6.45, 7) is 3.39. The van der Waals surface area contributed by atoms with Crippen molar-refractivity contribution < 1.29 is 14.5 Å². The number of carbonyl (C=O) groups is 2. The largest absolute Gasteiger partial charge is 0.296 e. The van der Waals surface area contributed by atoms with Gasteiger partial charge in [-0.1, -0.05) is 11.8 Å². The molecular weight excluding hydrogens is 282 g/mol. The van der Waals surface area contributed by atoms with Gasteiger partial charge in [-0.3, -0.25) is 24.6 Å². The smallest absolute Gasteiger partial charge is 0.290 e. The number of hydrogen-bond donors (Lipinski definition) is 0. The minimum absolute atomic E-state index is 0.0301. The highest BCUT2D eigenvalue weighted by atomic mass is 32.2. The second-order valence-corrected chi connectivity index (χ2v) is 5.95. The molecule has 0 aliphatic carbocycles. The van der Waals surface area contributed by atoms with Crippen LogP contribution in [0.15, 0.2) is 12.1 Å². The second-order valence-electron chi connectivity index (χ2n) is 4.47. The molecule has 1 aromatic rings. The van der Waals surface area contributed by atoms with Gasteiger partial charge in [-0.05, 0) is 13.0 Å². The van der Waals surface area contributed by atoms with Crippen molar-refractivity contribution in [2.75, 3.05) is 11.4 Å². The molecule has 0 N–H and O–H groups in total. The third-order valence-corrected chi connectivity index (χ3v) is 3.92. The van der Waals surface area contributed by atoms with Crippen molar-refractivity contribution in [2.24, 2.45) is 0 Å². The Labute approximate surface area is 119 Å². The maximum absolute atomic E-state index is 11.9. The van der Waals surface area contributed by atoms with Gasteiger partial charge in [-0.25, -0.2) is 4.98 Å². The second kappa shape index (κ2) is 5.58. The van der Waals surface area contributed by atoms with Crippen molar-refractivity contribution in [3.63, 3.8) is 0 Å². The van der Waals surface area contributed by atoms with E-state index in [1.165, 1.54) is 30.9 Å². The number of aromatic nitrogens is 1. The number of nitro groups is 1. The zero-order chi connectivity index (χ0) is 14.9. The van der Waals surface area contributed by atoms with Crippen LogP contribution in [0.25, 0.3) is 0 Å². The molecule has 106 valence electrons. The normalized spacial score (nSPS) is 18.4. The minimum atomic E-state index is -0.508. The van der Waals surface area contributed by atoms with Crippen molar-refractivity contribution in [1.82, 2.24) is 4.98 Å². The van der Waals surface area contributed by atoms with Crippen LogP contribution < -0.4 is 4.90 Å². The van der Waals surface area contributed by atoms with Gasteiger partial charge in [-0.2, -0.15) is 0 Å². The predicted octanol–water partition coefficient (Wildman–Crippen LogP) is 1.68. The van der Waals surface area contributed by atoms with E-state index in [4.69, 9.17) is 0 Å². The van der Waals surface area contributed by atoms with Crippen LogP contribution in [0.5, 0.6) is 0 Å². The van der Waals surface area contributed by atoms with Gasteiger partial charge in [0.2, 0.25) is 5.91 Å². The van der Waals surface area contributed by atoms with Crippen LogP contribution in [-0.2, 0) is 9.59 Å². The van der Waals surface area contributed by atoms with Gasteiger partial charge >= 0.3 is 0 Å². The molecule has 8 heteroatoms. The molecule has 1 unspecified atom stereocenters. The lowest BCUT2D eigenvalue weighted by Gasteiger charge is -2.15. The average molecular weight is 295 g/mol. The van der Waals surface area contributed by atoms with Crippen LogP contribution in [0.1, 0.15) is 19.0 Å². The Balaban J connectivity index is 2.20. The molecule has 2 rings (SSSR count). The molecule has 1 amide bonds. The van der Waals surface area contributed by atoms with Crippen LogP contribution in [0.4, 0.5) is 11.5 Å². The molecule has 0 bridgehead atoms. The van der Waals surface area contributed by atoms with Gasteiger partial charge in [0.05, 0.1) is 4.92 Å². The van der Waals surface area contributed by atoms with Crippen LogP contribution >= 0.6 is 11.8 Å². The maximum Gasteiger partial charge on any atom is 0.290 e. The first-order chi connectivity index (χ1) is 9.38. The number of pyridine rings is 1. The molecule has 1 aliphatic heterocycles. The lowest BCUT2D eigenvalue weighted by Crippen LogP contribution is -2.26. The Bertz CT molecular complexity index is 590. The SMILES string of the molecule is CC(=O)SC1CC(=O)N(c2ccc([N+](=O)[O-])c(C)n2)C1. The number of hydrogen-bond acceptors (Lipinski definition) is 6. The quantitative estimate of drug-likeness (QED) is 0.622. The number of anilines is 1. The Hall–Kier alpha value is -1.96. The molecule has 1 aliphatic rings. The maximum atomic E-state index is 11.9. The fraction of sp³-hybridized carbons (Fsp3) is 0.417. The summed E-state index contributed by atoms with van der Waals surface area (Å²) in [5.41, 5.74) is 0.193. The van der Waals surface area contributed by atoms with Crippen LogP contribution in [0, 0.1) is 17.0 Å². The Morgan fingerprint density at radius 2 is 2.25 bits per heavy atom. The lowest BCUT2D eigenvalue weighted by atomic mass is 10.3. The van der Waals surface area contributed by atoms with E-state index in [0.717, 1.165) is 11.8 Å². The Morgan fingerprint density at radius 3 is 2.80 bits per heavy atom. The van der Waals surface area contributed by atoms with E-state index >= 15 is 0 Å². The molecule has 0 spiro atoms. The van der Waals surface area contributed by atoms with Crippen molar-refractivity contribution in [1.29, 1.82) is 0 Å². The molecule has 1 atom stereocenters. The molecule has 0 aromatic carbocycles. The van der Waals surface area contributed by atoms with E-state index in [2.05, 4.69) is 4.98 Å². The number of carbonyl (C=O) groups excluding carboxylic acids is 2. The molecule has 2 heterocycles. The standard InChI is InChI=1S/C12H13N3O4S/c1-7-10(15(18)19)3-4-11(13-7)14-6-9(5-12(14)17)20-8(2)16/h3-4,9H,5-6H2,1-2H3. The fourth-order valence-corrected chi connectivity index (χ4v) is 3.01. The summed E-state index contributed by atoms with van der Waals surface area (Å²) >= 11 is 1.14. The van der Waals surface area contributed by atoms with E-state index < -0.39 is 4.92 Å². The van der Waals surface area contributed by atoms with Crippen molar-refractivity contribution >= 4 is 34.3 Å². The van der Waals surface area contributed by atoms with Gasteiger partial charge in [0.1, 0.15) is 11.5 Å². The van der Waals surface area contributed by atoms with E-state index in [9.17, 15) is 19.7 Å². The molecular formula is C12H13N3O4S. The Morgan fingerprint density at radius 1 is 1.55 bits per heavy atom. The first-order valence-electron chi connectivity index (χ1n) is 5.98. The number of rotatable bonds is 3. The fourth-order valence-electron chi connectivity index (χ4n) is 2.09.